The molecule has 15 heavy (non-hydrogen) atoms. The molecule has 0 aliphatic carbocycles. The third-order valence-electron chi connectivity index (χ3n) is 2.38. The van der Waals surface area contributed by atoms with Gasteiger partial charge < -0.3 is 5.11 Å². The molecule has 3 heteroatoms. The van der Waals surface area contributed by atoms with E-state index in [1.165, 1.54) is 6.07 Å². The summed E-state index contributed by atoms with van der Waals surface area (Å²) in [6.07, 6.45) is 3.00. The second-order valence-corrected chi connectivity index (χ2v) is 4.51. The Labute approximate surface area is 98.4 Å². The summed E-state index contributed by atoms with van der Waals surface area (Å²) in [5.74, 6) is -0.268. The zero-order chi connectivity index (χ0) is 11.3. The van der Waals surface area contributed by atoms with Crippen LogP contribution in [0.25, 0.3) is 0 Å². The van der Waals surface area contributed by atoms with Crippen LogP contribution in [0.4, 0.5) is 4.39 Å². The summed E-state index contributed by atoms with van der Waals surface area (Å²) >= 11 is 3.19. The van der Waals surface area contributed by atoms with E-state index in [1.807, 2.05) is 6.07 Å². The molecule has 1 atom stereocenters. The van der Waals surface area contributed by atoms with Gasteiger partial charge in [-0.25, -0.2) is 4.39 Å². The van der Waals surface area contributed by atoms with Crippen molar-refractivity contribution in [1.82, 2.24) is 0 Å². The average molecular weight is 275 g/mol. The van der Waals surface area contributed by atoms with E-state index in [1.54, 1.807) is 6.07 Å². The predicted molar refractivity (Wildman–Crippen MR) is 63.3 cm³/mol. The molecule has 0 saturated heterocycles. The molecule has 0 bridgehead atoms. The zero-order valence-corrected chi connectivity index (χ0v) is 10.4. The topological polar surface area (TPSA) is 20.2 Å². The fourth-order valence-corrected chi connectivity index (χ4v) is 1.93. The van der Waals surface area contributed by atoms with Crippen LogP contribution in [0, 0.1) is 5.82 Å². The van der Waals surface area contributed by atoms with Crippen molar-refractivity contribution >= 4 is 15.9 Å². The summed E-state index contributed by atoms with van der Waals surface area (Å²) in [5.41, 5.74) is 0.832. The van der Waals surface area contributed by atoms with Gasteiger partial charge in [0, 0.05) is 0 Å². The summed E-state index contributed by atoms with van der Waals surface area (Å²) in [6.45, 7) is 2.09. The van der Waals surface area contributed by atoms with Crippen LogP contribution >= 0.6 is 15.9 Å². The molecule has 0 amide bonds. The minimum absolute atomic E-state index is 0.268. The third kappa shape index (κ3) is 3.92. The lowest BCUT2D eigenvalue weighted by Gasteiger charge is -2.11. The van der Waals surface area contributed by atoms with Crippen molar-refractivity contribution < 1.29 is 9.50 Å². The Kier molecular flexibility index (Phi) is 5.26. The Hall–Kier alpha value is -0.410. The highest BCUT2D eigenvalue weighted by Gasteiger charge is 2.10. The second-order valence-electron chi connectivity index (χ2n) is 3.71. The number of hydrogen-bond acceptors (Lipinski definition) is 1. The number of aliphatic hydroxyl groups is 1. The van der Waals surface area contributed by atoms with Gasteiger partial charge in [0.05, 0.1) is 10.6 Å². The number of benzene rings is 1. The van der Waals surface area contributed by atoms with Crippen molar-refractivity contribution in [2.24, 2.45) is 0 Å². The fourth-order valence-electron chi connectivity index (χ4n) is 1.50. The standard InChI is InChI=1S/C12H16BrFO/c1-2-3-6-10(15)8-9-5-4-7-11(14)12(9)13/h4-5,7,10,15H,2-3,6,8H2,1H3. The Morgan fingerprint density at radius 3 is 2.87 bits per heavy atom. The highest BCUT2D eigenvalue weighted by Crippen LogP contribution is 2.22. The maximum absolute atomic E-state index is 13.2. The van der Waals surface area contributed by atoms with Gasteiger partial charge in [0.1, 0.15) is 5.82 Å². The molecular formula is C12H16BrFO. The highest BCUT2D eigenvalue weighted by atomic mass is 79.9. The lowest BCUT2D eigenvalue weighted by atomic mass is 10.0. The first kappa shape index (κ1) is 12.7. The predicted octanol–water partition coefficient (Wildman–Crippen LogP) is 3.68. The molecule has 0 heterocycles. The second kappa shape index (κ2) is 6.23. The van der Waals surface area contributed by atoms with Crippen molar-refractivity contribution in [3.05, 3.63) is 34.1 Å². The molecule has 1 aromatic carbocycles. The van der Waals surface area contributed by atoms with Crippen LogP contribution in [0.2, 0.25) is 0 Å². The van der Waals surface area contributed by atoms with Crippen molar-refractivity contribution in [2.75, 3.05) is 0 Å². The summed E-state index contributed by atoms with van der Waals surface area (Å²) in [7, 11) is 0. The zero-order valence-electron chi connectivity index (χ0n) is 8.84. The molecule has 1 aromatic rings. The van der Waals surface area contributed by atoms with Crippen LogP contribution in [0.5, 0.6) is 0 Å². The molecule has 0 aliphatic rings. The van der Waals surface area contributed by atoms with Crippen molar-refractivity contribution in [2.45, 2.75) is 38.7 Å². The quantitative estimate of drug-likeness (QED) is 0.869. The first-order chi connectivity index (χ1) is 7.15. The van der Waals surface area contributed by atoms with Gasteiger partial charge in [-0.2, -0.15) is 0 Å². The van der Waals surface area contributed by atoms with Crippen LogP contribution in [0.3, 0.4) is 0 Å². The molecule has 0 radical (unpaired) electrons. The van der Waals surface area contributed by atoms with Gasteiger partial charge in [-0.1, -0.05) is 31.9 Å². The molecule has 1 unspecified atom stereocenters. The molecule has 1 nitrogen and oxygen atoms in total. The first-order valence-electron chi connectivity index (χ1n) is 5.26. The summed E-state index contributed by atoms with van der Waals surface area (Å²) in [6, 6.07) is 4.91. The van der Waals surface area contributed by atoms with Gasteiger partial charge in [0.2, 0.25) is 0 Å². The SMILES string of the molecule is CCCCC(O)Cc1cccc(F)c1Br. The van der Waals surface area contributed by atoms with Crippen molar-refractivity contribution in [3.63, 3.8) is 0 Å². The molecule has 84 valence electrons. The summed E-state index contributed by atoms with van der Waals surface area (Å²) in [4.78, 5) is 0. The minimum Gasteiger partial charge on any atom is -0.393 e. The van der Waals surface area contributed by atoms with E-state index in [0.29, 0.717) is 10.9 Å². The lowest BCUT2D eigenvalue weighted by molar-refractivity contribution is 0.161. The molecule has 1 N–H and O–H groups in total. The van der Waals surface area contributed by atoms with Crippen molar-refractivity contribution in [3.8, 4) is 0 Å². The molecule has 0 fully saturated rings. The number of halogens is 2. The Morgan fingerprint density at radius 2 is 2.20 bits per heavy atom. The Morgan fingerprint density at radius 1 is 1.47 bits per heavy atom. The summed E-state index contributed by atoms with van der Waals surface area (Å²) < 4.78 is 13.6. The normalized spacial score (nSPS) is 12.8. The fraction of sp³-hybridized carbons (Fsp3) is 0.500. The van der Waals surface area contributed by atoms with E-state index in [0.717, 1.165) is 24.8 Å². The van der Waals surface area contributed by atoms with E-state index in [2.05, 4.69) is 22.9 Å². The van der Waals surface area contributed by atoms with Gasteiger partial charge >= 0.3 is 0 Å². The van der Waals surface area contributed by atoms with Crippen LogP contribution in [-0.2, 0) is 6.42 Å². The molecular weight excluding hydrogens is 259 g/mol. The average Bonchev–Trinajstić information content (AvgIpc) is 2.22. The molecule has 0 aromatic heterocycles. The maximum Gasteiger partial charge on any atom is 0.137 e. The van der Waals surface area contributed by atoms with Crippen LogP contribution in [-0.4, -0.2) is 11.2 Å². The van der Waals surface area contributed by atoms with E-state index < -0.39 is 0 Å². The largest absolute Gasteiger partial charge is 0.393 e. The van der Waals surface area contributed by atoms with E-state index in [4.69, 9.17) is 0 Å². The van der Waals surface area contributed by atoms with Gasteiger partial charge in [0.25, 0.3) is 0 Å². The number of unbranched alkanes of at least 4 members (excludes halogenated alkanes) is 1. The van der Waals surface area contributed by atoms with Gasteiger partial charge in [-0.05, 0) is 40.4 Å². The Balaban J connectivity index is 2.60. The summed E-state index contributed by atoms with van der Waals surface area (Å²) in [5, 5.41) is 9.71. The van der Waals surface area contributed by atoms with E-state index in [9.17, 15) is 9.50 Å². The number of rotatable bonds is 5. The van der Waals surface area contributed by atoms with Gasteiger partial charge in [-0.15, -0.1) is 0 Å². The monoisotopic (exact) mass is 274 g/mol. The smallest absolute Gasteiger partial charge is 0.137 e. The van der Waals surface area contributed by atoms with Crippen LogP contribution < -0.4 is 0 Å². The molecule has 1 rings (SSSR count). The van der Waals surface area contributed by atoms with Gasteiger partial charge in [-0.3, -0.25) is 0 Å². The van der Waals surface area contributed by atoms with E-state index in [-0.39, 0.29) is 11.9 Å². The Bertz CT molecular complexity index is 314. The van der Waals surface area contributed by atoms with Crippen LogP contribution in [0.15, 0.2) is 22.7 Å². The van der Waals surface area contributed by atoms with Crippen molar-refractivity contribution in [1.29, 1.82) is 0 Å². The lowest BCUT2D eigenvalue weighted by Crippen LogP contribution is -2.10. The molecule has 0 aliphatic heterocycles. The number of aliphatic hydroxyl groups excluding tert-OH is 1. The number of hydrogen-bond donors (Lipinski definition) is 1. The van der Waals surface area contributed by atoms with Gasteiger partial charge in [0.15, 0.2) is 0 Å². The molecule has 0 spiro atoms. The maximum atomic E-state index is 13.2. The molecule has 0 saturated carbocycles. The first-order valence-corrected chi connectivity index (χ1v) is 6.05. The third-order valence-corrected chi connectivity index (χ3v) is 3.27. The van der Waals surface area contributed by atoms with Crippen LogP contribution in [0.1, 0.15) is 31.7 Å². The highest BCUT2D eigenvalue weighted by molar-refractivity contribution is 9.10. The van der Waals surface area contributed by atoms with E-state index >= 15 is 0 Å². The minimum atomic E-state index is -0.372.